The van der Waals surface area contributed by atoms with Crippen molar-refractivity contribution in [1.82, 2.24) is 0 Å². The van der Waals surface area contributed by atoms with Crippen LogP contribution in [0.15, 0.2) is 11.6 Å². The zero-order valence-electron chi connectivity index (χ0n) is 21.2. The smallest absolute Gasteiger partial charge is 0.186 e. The van der Waals surface area contributed by atoms with Gasteiger partial charge < -0.3 is 45.2 Å². The Morgan fingerprint density at radius 1 is 1.03 bits per heavy atom. The highest BCUT2D eigenvalue weighted by atomic mass is 16.7. The third-order valence-corrected chi connectivity index (χ3v) is 9.95. The minimum absolute atomic E-state index is 0.134. The minimum atomic E-state index is -1.53. The van der Waals surface area contributed by atoms with Crippen molar-refractivity contribution in [3.63, 3.8) is 0 Å². The van der Waals surface area contributed by atoms with Gasteiger partial charge in [0.15, 0.2) is 6.29 Å². The normalized spacial score (nSPS) is 50.6. The van der Waals surface area contributed by atoms with Gasteiger partial charge in [-0.3, -0.25) is 0 Å². The zero-order chi connectivity index (χ0) is 25.9. The van der Waals surface area contributed by atoms with Crippen LogP contribution in [0.5, 0.6) is 0 Å². The molecule has 7 N–H and O–H groups in total. The van der Waals surface area contributed by atoms with Crippen molar-refractivity contribution < 1.29 is 45.2 Å². The van der Waals surface area contributed by atoms with E-state index in [2.05, 4.69) is 26.8 Å². The Morgan fingerprint density at radius 2 is 1.71 bits per heavy atom. The van der Waals surface area contributed by atoms with Crippen LogP contribution in [-0.2, 0) is 9.47 Å². The van der Waals surface area contributed by atoms with E-state index in [-0.39, 0.29) is 23.4 Å². The average molecular weight is 501 g/mol. The molecule has 0 radical (unpaired) electrons. The highest BCUT2D eigenvalue weighted by Crippen LogP contribution is 2.64. The third kappa shape index (κ3) is 4.51. The van der Waals surface area contributed by atoms with Crippen LogP contribution < -0.4 is 0 Å². The predicted molar refractivity (Wildman–Crippen MR) is 126 cm³/mol. The van der Waals surface area contributed by atoms with Crippen LogP contribution >= 0.6 is 0 Å². The van der Waals surface area contributed by atoms with E-state index < -0.39 is 61.0 Å². The minimum Gasteiger partial charge on any atom is -0.394 e. The SMILES string of the molecule is CC1(C)[C@H](O)[C@@H](O)C[C@@]2(C)[C@@H]3CC[C@](C)([C@@H](O)CO[C@@H]4O[C@H](CO)[C@@H](O)[C@H](O)[C@H]4O)C=C3CC[C@H]12. The standard InChI is InChI=1S/C26H44O9/c1-24(2)17-6-5-13-9-25(3,8-7-14(13)26(17,4)10-15(28)22(24)33)18(29)12-34-23-21(32)20(31)19(30)16(11-27)35-23/h9,14-23,27-33H,5-8,10-12H2,1-4H3/t14-,15+,16-,17-,18+,19-,20+,21-,22-,23-,25+,26+/m1/s1. The molecular weight excluding hydrogens is 456 g/mol. The molecule has 2 saturated carbocycles. The monoisotopic (exact) mass is 500 g/mol. The van der Waals surface area contributed by atoms with Gasteiger partial charge in [0.2, 0.25) is 0 Å². The van der Waals surface area contributed by atoms with Crippen molar-refractivity contribution in [2.45, 2.75) is 109 Å². The summed E-state index contributed by atoms with van der Waals surface area (Å²) in [5.41, 5.74) is 0.206. The first-order chi connectivity index (χ1) is 16.3. The molecule has 0 bridgehead atoms. The summed E-state index contributed by atoms with van der Waals surface area (Å²) >= 11 is 0. The molecule has 4 aliphatic rings. The molecule has 3 fully saturated rings. The van der Waals surface area contributed by atoms with Crippen molar-refractivity contribution in [3.05, 3.63) is 11.6 Å². The summed E-state index contributed by atoms with van der Waals surface area (Å²) in [4.78, 5) is 0. The lowest BCUT2D eigenvalue weighted by Crippen LogP contribution is -2.60. The Hall–Kier alpha value is -0.620. The van der Waals surface area contributed by atoms with Gasteiger partial charge in [-0.15, -0.1) is 0 Å². The van der Waals surface area contributed by atoms with Crippen LogP contribution in [0.4, 0.5) is 0 Å². The molecule has 12 atom stereocenters. The van der Waals surface area contributed by atoms with E-state index in [9.17, 15) is 35.7 Å². The second kappa shape index (κ2) is 9.60. The van der Waals surface area contributed by atoms with E-state index in [4.69, 9.17) is 9.47 Å². The van der Waals surface area contributed by atoms with Gasteiger partial charge in [0.1, 0.15) is 24.4 Å². The van der Waals surface area contributed by atoms with Gasteiger partial charge in [0.25, 0.3) is 0 Å². The van der Waals surface area contributed by atoms with E-state index in [0.29, 0.717) is 18.8 Å². The maximum atomic E-state index is 11.1. The molecule has 0 aromatic rings. The third-order valence-electron chi connectivity index (χ3n) is 9.95. The van der Waals surface area contributed by atoms with Crippen LogP contribution in [-0.4, -0.2) is 98.0 Å². The molecular formula is C26H44O9. The van der Waals surface area contributed by atoms with Gasteiger partial charge in [0.05, 0.1) is 31.5 Å². The van der Waals surface area contributed by atoms with Gasteiger partial charge in [-0.05, 0) is 54.8 Å². The van der Waals surface area contributed by atoms with Gasteiger partial charge >= 0.3 is 0 Å². The van der Waals surface area contributed by atoms with Gasteiger partial charge in [0, 0.05) is 5.41 Å². The van der Waals surface area contributed by atoms with Gasteiger partial charge in [-0.1, -0.05) is 39.3 Å². The van der Waals surface area contributed by atoms with E-state index in [1.54, 1.807) is 0 Å². The molecule has 202 valence electrons. The van der Waals surface area contributed by atoms with E-state index >= 15 is 0 Å². The first kappa shape index (κ1) is 27.4. The first-order valence-corrected chi connectivity index (χ1v) is 12.9. The lowest BCUT2D eigenvalue weighted by Gasteiger charge is -2.62. The summed E-state index contributed by atoms with van der Waals surface area (Å²) in [7, 11) is 0. The molecule has 1 heterocycles. The summed E-state index contributed by atoms with van der Waals surface area (Å²) in [6.45, 7) is 7.66. The quantitative estimate of drug-likeness (QED) is 0.259. The van der Waals surface area contributed by atoms with Crippen molar-refractivity contribution in [3.8, 4) is 0 Å². The maximum absolute atomic E-state index is 11.1. The van der Waals surface area contributed by atoms with Crippen molar-refractivity contribution >= 4 is 0 Å². The second-order valence-electron chi connectivity index (χ2n) is 12.5. The molecule has 1 saturated heterocycles. The number of allylic oxidation sites excluding steroid dienone is 1. The molecule has 0 aromatic heterocycles. The molecule has 4 rings (SSSR count). The number of fused-ring (bicyclic) bond motifs is 3. The Morgan fingerprint density at radius 3 is 2.37 bits per heavy atom. The summed E-state index contributed by atoms with van der Waals surface area (Å²) in [5.74, 6) is 0.564. The largest absolute Gasteiger partial charge is 0.394 e. The van der Waals surface area contributed by atoms with Crippen LogP contribution in [0.1, 0.15) is 59.8 Å². The number of aliphatic hydroxyl groups excluding tert-OH is 7. The van der Waals surface area contributed by atoms with Crippen molar-refractivity contribution in [2.24, 2.45) is 28.1 Å². The van der Waals surface area contributed by atoms with Crippen molar-refractivity contribution in [2.75, 3.05) is 13.2 Å². The molecule has 0 aromatic carbocycles. The zero-order valence-corrected chi connectivity index (χ0v) is 21.2. The van der Waals surface area contributed by atoms with Crippen LogP contribution in [0.3, 0.4) is 0 Å². The molecule has 1 aliphatic heterocycles. The summed E-state index contributed by atoms with van der Waals surface area (Å²) in [5, 5.41) is 71.9. The number of ether oxygens (including phenoxy) is 2. The Kier molecular flexibility index (Phi) is 7.52. The lowest BCUT2D eigenvalue weighted by molar-refractivity contribution is -0.306. The van der Waals surface area contributed by atoms with E-state index in [1.807, 2.05) is 6.92 Å². The van der Waals surface area contributed by atoms with Crippen LogP contribution in [0.25, 0.3) is 0 Å². The Bertz CT molecular complexity index is 800. The topological polar surface area (TPSA) is 160 Å². The average Bonchev–Trinajstić information content (AvgIpc) is 2.80. The molecule has 0 unspecified atom stereocenters. The van der Waals surface area contributed by atoms with Gasteiger partial charge in [-0.2, -0.15) is 0 Å². The lowest BCUT2D eigenvalue weighted by atomic mass is 9.44. The maximum Gasteiger partial charge on any atom is 0.186 e. The summed E-state index contributed by atoms with van der Waals surface area (Å²) in [6.07, 6.45) is -3.14. The van der Waals surface area contributed by atoms with Crippen LogP contribution in [0, 0.1) is 28.1 Å². The fraction of sp³-hybridized carbons (Fsp3) is 0.923. The number of rotatable bonds is 5. The first-order valence-electron chi connectivity index (χ1n) is 12.9. The molecule has 3 aliphatic carbocycles. The number of aliphatic hydroxyl groups is 7. The number of hydrogen-bond donors (Lipinski definition) is 7. The van der Waals surface area contributed by atoms with Crippen molar-refractivity contribution in [1.29, 1.82) is 0 Å². The number of hydrogen-bond acceptors (Lipinski definition) is 9. The Labute approximate surface area is 207 Å². The molecule has 9 heteroatoms. The molecule has 0 amide bonds. The molecule has 0 spiro atoms. The predicted octanol–water partition coefficient (Wildman–Crippen LogP) is 0.0745. The highest BCUT2D eigenvalue weighted by molar-refractivity contribution is 5.26. The van der Waals surface area contributed by atoms with Gasteiger partial charge in [-0.25, -0.2) is 0 Å². The Balaban J connectivity index is 1.46. The second-order valence-corrected chi connectivity index (χ2v) is 12.5. The fourth-order valence-corrected chi connectivity index (χ4v) is 7.74. The summed E-state index contributed by atoms with van der Waals surface area (Å²) < 4.78 is 11.0. The summed E-state index contributed by atoms with van der Waals surface area (Å²) in [6, 6.07) is 0. The van der Waals surface area contributed by atoms with E-state index in [0.717, 1.165) is 19.3 Å². The van der Waals surface area contributed by atoms with E-state index in [1.165, 1.54) is 5.57 Å². The molecule has 35 heavy (non-hydrogen) atoms. The van der Waals surface area contributed by atoms with Crippen LogP contribution in [0.2, 0.25) is 0 Å². The highest BCUT2D eigenvalue weighted by Gasteiger charge is 2.60. The molecule has 9 nitrogen and oxygen atoms in total. The fourth-order valence-electron chi connectivity index (χ4n) is 7.74.